The maximum Gasteiger partial charge on any atom is 0.319 e. The third-order valence-electron chi connectivity index (χ3n) is 5.28. The predicted molar refractivity (Wildman–Crippen MR) is 129 cm³/mol. The van der Waals surface area contributed by atoms with Crippen molar-refractivity contribution in [3.63, 3.8) is 0 Å². The number of methoxy groups -OCH3 is 2. The number of carbonyl (C=O) groups excluding carboxylic acids is 1. The van der Waals surface area contributed by atoms with Crippen molar-refractivity contribution < 1.29 is 14.3 Å². The van der Waals surface area contributed by atoms with Crippen LogP contribution in [0.1, 0.15) is 31.0 Å². The average Bonchev–Trinajstić information content (AvgIpc) is 2.83. The minimum absolute atomic E-state index is 0.155. The quantitative estimate of drug-likeness (QED) is 0.425. The van der Waals surface area contributed by atoms with Crippen LogP contribution in [0.15, 0.2) is 66.7 Å². The fraction of sp³-hybridized carbons (Fsp3) is 0.269. The second-order valence-corrected chi connectivity index (χ2v) is 7.47. The molecule has 3 N–H and O–H groups in total. The van der Waals surface area contributed by atoms with Crippen LogP contribution in [0.2, 0.25) is 0 Å². The second kappa shape index (κ2) is 11.2. The Kier molecular flexibility index (Phi) is 8.11. The first kappa shape index (κ1) is 23.2. The number of ether oxygens (including phenoxy) is 2. The highest BCUT2D eigenvalue weighted by Crippen LogP contribution is 2.31. The Bertz CT molecular complexity index is 1030. The molecule has 32 heavy (non-hydrogen) atoms. The van der Waals surface area contributed by atoms with Gasteiger partial charge in [-0.3, -0.25) is 0 Å². The molecule has 3 rings (SSSR count). The molecule has 0 radical (unpaired) electrons. The van der Waals surface area contributed by atoms with Crippen molar-refractivity contribution in [1.82, 2.24) is 10.6 Å². The van der Waals surface area contributed by atoms with E-state index in [1.807, 2.05) is 61.5 Å². The van der Waals surface area contributed by atoms with Crippen LogP contribution >= 0.6 is 0 Å². The van der Waals surface area contributed by atoms with E-state index in [0.717, 1.165) is 39.4 Å². The van der Waals surface area contributed by atoms with Crippen molar-refractivity contribution in [1.29, 1.82) is 0 Å². The lowest BCUT2D eigenvalue weighted by Gasteiger charge is -2.17. The molecule has 0 fully saturated rings. The van der Waals surface area contributed by atoms with E-state index in [1.165, 1.54) is 0 Å². The second-order valence-electron chi connectivity index (χ2n) is 7.47. The number of nitrogens with one attached hydrogen (secondary N) is 3. The molecular weight excluding hydrogens is 402 g/mol. The van der Waals surface area contributed by atoms with Gasteiger partial charge in [-0.2, -0.15) is 0 Å². The normalized spacial score (nSPS) is 11.5. The maximum atomic E-state index is 12.1. The highest BCUT2D eigenvalue weighted by atomic mass is 16.5. The molecule has 0 aliphatic heterocycles. The third kappa shape index (κ3) is 6.02. The zero-order valence-corrected chi connectivity index (χ0v) is 19.1. The van der Waals surface area contributed by atoms with Gasteiger partial charge < -0.3 is 25.4 Å². The van der Waals surface area contributed by atoms with E-state index in [-0.39, 0.29) is 12.1 Å². The summed E-state index contributed by atoms with van der Waals surface area (Å²) >= 11 is 0. The Labute approximate surface area is 190 Å². The topological polar surface area (TPSA) is 71.6 Å². The number of amides is 2. The predicted octanol–water partition coefficient (Wildman–Crippen LogP) is 5.36. The summed E-state index contributed by atoms with van der Waals surface area (Å²) in [5.41, 5.74) is 4.99. The van der Waals surface area contributed by atoms with E-state index in [1.54, 1.807) is 14.2 Å². The molecule has 0 aliphatic carbocycles. The van der Waals surface area contributed by atoms with Crippen LogP contribution in [0, 0.1) is 0 Å². The number of anilines is 1. The molecule has 3 aromatic rings. The van der Waals surface area contributed by atoms with E-state index < -0.39 is 0 Å². The molecule has 0 spiro atoms. The maximum absolute atomic E-state index is 12.1. The Morgan fingerprint density at radius 1 is 0.938 bits per heavy atom. The van der Waals surface area contributed by atoms with Gasteiger partial charge >= 0.3 is 6.03 Å². The molecule has 3 aromatic carbocycles. The molecule has 2 amide bonds. The van der Waals surface area contributed by atoms with Gasteiger partial charge in [-0.15, -0.1) is 0 Å². The van der Waals surface area contributed by atoms with Crippen molar-refractivity contribution >= 4 is 11.7 Å². The smallest absolute Gasteiger partial charge is 0.319 e. The summed E-state index contributed by atoms with van der Waals surface area (Å²) in [4.78, 5) is 12.1. The minimum Gasteiger partial charge on any atom is -0.497 e. The van der Waals surface area contributed by atoms with Crippen LogP contribution in [0.5, 0.6) is 11.5 Å². The van der Waals surface area contributed by atoms with Crippen molar-refractivity contribution in [3.05, 3.63) is 77.9 Å². The van der Waals surface area contributed by atoms with Gasteiger partial charge in [0.25, 0.3) is 0 Å². The molecule has 0 saturated carbocycles. The Hall–Kier alpha value is -3.51. The molecule has 0 saturated heterocycles. The van der Waals surface area contributed by atoms with Crippen molar-refractivity contribution in [2.75, 3.05) is 26.1 Å². The van der Waals surface area contributed by atoms with Gasteiger partial charge in [0, 0.05) is 24.7 Å². The molecule has 6 heteroatoms. The lowest BCUT2D eigenvalue weighted by atomic mass is 10.00. The summed E-state index contributed by atoms with van der Waals surface area (Å²) in [5.74, 6) is 1.63. The number of rotatable bonds is 9. The molecule has 1 atom stereocenters. The first-order valence-corrected chi connectivity index (χ1v) is 10.7. The van der Waals surface area contributed by atoms with Gasteiger partial charge in [-0.1, -0.05) is 30.3 Å². The lowest BCUT2D eigenvalue weighted by molar-refractivity contribution is 0.252. The van der Waals surface area contributed by atoms with Crippen LogP contribution in [-0.4, -0.2) is 26.8 Å². The zero-order valence-electron chi connectivity index (χ0n) is 19.1. The number of hydrogen-bond donors (Lipinski definition) is 3. The molecule has 0 aromatic heterocycles. The highest BCUT2D eigenvalue weighted by molar-refractivity contribution is 5.94. The minimum atomic E-state index is -0.222. The SMILES string of the molecule is CCNC(=O)Nc1ccc(CN[C@H](C)c2cccc(OC)c2)cc1-c1ccc(OC)cc1. The lowest BCUT2D eigenvalue weighted by Crippen LogP contribution is -2.28. The Balaban J connectivity index is 1.82. The van der Waals surface area contributed by atoms with E-state index in [4.69, 9.17) is 9.47 Å². The third-order valence-corrected chi connectivity index (χ3v) is 5.28. The first-order chi connectivity index (χ1) is 15.5. The standard InChI is InChI=1S/C26H31N3O3/c1-5-27-26(30)29-25-14-9-19(15-24(25)20-10-12-22(31-3)13-11-20)17-28-18(2)21-7-6-8-23(16-21)32-4/h6-16,18,28H,5,17H2,1-4H3,(H2,27,29,30)/t18-/m1/s1. The molecule has 0 unspecified atom stereocenters. The van der Waals surface area contributed by atoms with Gasteiger partial charge in [-0.05, 0) is 66.9 Å². The number of carbonyl (C=O) groups is 1. The van der Waals surface area contributed by atoms with Gasteiger partial charge in [0.15, 0.2) is 0 Å². The summed E-state index contributed by atoms with van der Waals surface area (Å²) in [6.07, 6.45) is 0. The van der Waals surface area contributed by atoms with Crippen molar-refractivity contribution in [2.24, 2.45) is 0 Å². The van der Waals surface area contributed by atoms with Crippen molar-refractivity contribution in [2.45, 2.75) is 26.4 Å². The van der Waals surface area contributed by atoms with Gasteiger partial charge in [0.2, 0.25) is 0 Å². The Morgan fingerprint density at radius 3 is 2.38 bits per heavy atom. The molecular formula is C26H31N3O3. The van der Waals surface area contributed by atoms with Crippen LogP contribution in [0.25, 0.3) is 11.1 Å². The summed E-state index contributed by atoms with van der Waals surface area (Å²) < 4.78 is 10.6. The van der Waals surface area contributed by atoms with Gasteiger partial charge in [-0.25, -0.2) is 4.79 Å². The number of hydrogen-bond acceptors (Lipinski definition) is 4. The van der Waals surface area contributed by atoms with Crippen LogP contribution in [0.4, 0.5) is 10.5 Å². The summed E-state index contributed by atoms with van der Waals surface area (Å²) in [5, 5.41) is 9.30. The van der Waals surface area contributed by atoms with Gasteiger partial charge in [0.1, 0.15) is 11.5 Å². The molecule has 0 heterocycles. The van der Waals surface area contributed by atoms with Crippen LogP contribution in [-0.2, 0) is 6.54 Å². The number of urea groups is 1. The summed E-state index contributed by atoms with van der Waals surface area (Å²) in [6, 6.07) is 21.9. The highest BCUT2D eigenvalue weighted by Gasteiger charge is 2.11. The number of benzene rings is 3. The zero-order chi connectivity index (χ0) is 22.9. The molecule has 0 bridgehead atoms. The molecule has 6 nitrogen and oxygen atoms in total. The van der Waals surface area contributed by atoms with Gasteiger partial charge in [0.05, 0.1) is 19.9 Å². The molecule has 168 valence electrons. The van der Waals surface area contributed by atoms with E-state index in [2.05, 4.69) is 35.0 Å². The summed E-state index contributed by atoms with van der Waals surface area (Å²) in [6.45, 7) is 5.27. The largest absolute Gasteiger partial charge is 0.497 e. The van der Waals surface area contributed by atoms with Crippen LogP contribution < -0.4 is 25.4 Å². The van der Waals surface area contributed by atoms with E-state index >= 15 is 0 Å². The first-order valence-electron chi connectivity index (χ1n) is 10.7. The van der Waals surface area contributed by atoms with E-state index in [0.29, 0.717) is 13.1 Å². The summed E-state index contributed by atoms with van der Waals surface area (Å²) in [7, 11) is 3.32. The fourth-order valence-corrected chi connectivity index (χ4v) is 3.45. The fourth-order valence-electron chi connectivity index (χ4n) is 3.45. The average molecular weight is 434 g/mol. The van der Waals surface area contributed by atoms with Crippen molar-refractivity contribution in [3.8, 4) is 22.6 Å². The Morgan fingerprint density at radius 2 is 1.69 bits per heavy atom. The molecule has 0 aliphatic rings. The van der Waals surface area contributed by atoms with Crippen LogP contribution in [0.3, 0.4) is 0 Å². The monoisotopic (exact) mass is 433 g/mol. The van der Waals surface area contributed by atoms with E-state index in [9.17, 15) is 4.79 Å².